The predicted octanol–water partition coefficient (Wildman–Crippen LogP) is 3.39. The number of aryl methyl sites for hydroxylation is 1. The summed E-state index contributed by atoms with van der Waals surface area (Å²) in [4.78, 5) is 12.5. The number of β-amino-alcohol motifs (C(OH)–C–C–N with tert-alkyl or cyclic N) is 1. The Morgan fingerprint density at radius 1 is 0.974 bits per heavy atom. The molecule has 1 aliphatic rings. The summed E-state index contributed by atoms with van der Waals surface area (Å²) in [5.74, 6) is -0.00291. The Morgan fingerprint density at radius 2 is 1.62 bits per heavy atom. The van der Waals surface area contributed by atoms with Crippen LogP contribution in [0.15, 0.2) is 77.7 Å². The van der Waals surface area contributed by atoms with Gasteiger partial charge < -0.3 is 14.6 Å². The molecule has 0 spiro atoms. The van der Waals surface area contributed by atoms with Crippen LogP contribution in [0.4, 0.5) is 5.69 Å². The number of hydrogen-bond acceptors (Lipinski definition) is 8. The van der Waals surface area contributed by atoms with E-state index in [1.165, 1.54) is 23.5 Å². The van der Waals surface area contributed by atoms with Gasteiger partial charge in [-0.1, -0.05) is 60.2 Å². The molecule has 39 heavy (non-hydrogen) atoms. The zero-order valence-electron chi connectivity index (χ0n) is 22.0. The van der Waals surface area contributed by atoms with E-state index in [1.807, 2.05) is 66.4 Å². The highest BCUT2D eigenvalue weighted by Crippen LogP contribution is 2.31. The number of benzene rings is 3. The van der Waals surface area contributed by atoms with Crippen molar-refractivity contribution in [3.63, 3.8) is 0 Å². The van der Waals surface area contributed by atoms with E-state index in [-0.39, 0.29) is 36.4 Å². The first-order valence-corrected chi connectivity index (χ1v) is 14.1. The van der Waals surface area contributed by atoms with Crippen molar-refractivity contribution in [2.45, 2.75) is 24.0 Å². The number of nitro groups is 1. The van der Waals surface area contributed by atoms with Crippen molar-refractivity contribution in [3.05, 3.63) is 99.6 Å². The maximum Gasteiger partial charge on any atom is 0.312 e. The topological polar surface area (TPSA) is 122 Å². The van der Waals surface area contributed by atoms with Gasteiger partial charge in [0.15, 0.2) is 5.75 Å². The van der Waals surface area contributed by atoms with Gasteiger partial charge in [-0.2, -0.15) is 4.31 Å². The maximum absolute atomic E-state index is 13.1. The molecule has 0 bridgehead atoms. The summed E-state index contributed by atoms with van der Waals surface area (Å²) in [6, 6.07) is 21.6. The van der Waals surface area contributed by atoms with Crippen molar-refractivity contribution < 1.29 is 27.9 Å². The van der Waals surface area contributed by atoms with Gasteiger partial charge in [-0.05, 0) is 30.2 Å². The minimum Gasteiger partial charge on any atom is -0.490 e. The molecule has 0 amide bonds. The number of aliphatic hydroxyl groups excluding tert-OH is 1. The van der Waals surface area contributed by atoms with Gasteiger partial charge in [-0.15, -0.1) is 0 Å². The molecule has 3 aromatic rings. The second kappa shape index (κ2) is 12.7. The Morgan fingerprint density at radius 3 is 2.23 bits per heavy atom. The molecule has 1 aliphatic heterocycles. The number of sulfonamides is 1. The molecule has 4 rings (SSSR count). The van der Waals surface area contributed by atoms with Gasteiger partial charge >= 0.3 is 5.69 Å². The zero-order valence-corrected chi connectivity index (χ0v) is 22.8. The summed E-state index contributed by atoms with van der Waals surface area (Å²) in [7, 11) is -2.63. The van der Waals surface area contributed by atoms with Gasteiger partial charge in [-0.3, -0.25) is 15.0 Å². The van der Waals surface area contributed by atoms with Crippen molar-refractivity contribution in [2.75, 3.05) is 46.4 Å². The predicted molar refractivity (Wildman–Crippen MR) is 146 cm³/mol. The lowest BCUT2D eigenvalue weighted by Gasteiger charge is -2.35. The van der Waals surface area contributed by atoms with E-state index < -0.39 is 26.7 Å². The standard InChI is InChI=1S/C28H33N3O7S/c1-21-8-10-23(11-9-21)28(22-6-4-3-5-7-22)38-20-24(32)19-29-14-16-30(17-15-29)39(35,36)25-12-13-27(37-2)26(18-25)31(33)34/h3-13,18,24,28,32H,14-17,19-20H2,1-2H3/t24-,28+/m1/s1. The average molecular weight is 556 g/mol. The Hall–Kier alpha value is -3.35. The number of nitro benzene ring substituents is 1. The highest BCUT2D eigenvalue weighted by atomic mass is 32.2. The molecule has 0 aliphatic carbocycles. The minimum atomic E-state index is -3.92. The van der Waals surface area contributed by atoms with Crippen LogP contribution >= 0.6 is 0 Å². The molecule has 11 heteroatoms. The van der Waals surface area contributed by atoms with E-state index in [2.05, 4.69) is 0 Å². The maximum atomic E-state index is 13.1. The number of ether oxygens (including phenoxy) is 2. The number of piperazine rings is 1. The summed E-state index contributed by atoms with van der Waals surface area (Å²) in [6.07, 6.45) is -1.09. The lowest BCUT2D eigenvalue weighted by Crippen LogP contribution is -2.50. The van der Waals surface area contributed by atoms with E-state index in [0.717, 1.165) is 22.8 Å². The molecule has 0 unspecified atom stereocenters. The largest absolute Gasteiger partial charge is 0.490 e. The Balaban J connectivity index is 1.34. The Kier molecular flexibility index (Phi) is 9.31. The van der Waals surface area contributed by atoms with Crippen LogP contribution in [0.25, 0.3) is 0 Å². The van der Waals surface area contributed by atoms with Gasteiger partial charge in [-0.25, -0.2) is 8.42 Å². The van der Waals surface area contributed by atoms with Gasteiger partial charge in [0, 0.05) is 38.8 Å². The van der Waals surface area contributed by atoms with Crippen LogP contribution in [0.5, 0.6) is 5.75 Å². The van der Waals surface area contributed by atoms with Crippen molar-refractivity contribution in [1.82, 2.24) is 9.21 Å². The van der Waals surface area contributed by atoms with E-state index in [4.69, 9.17) is 9.47 Å². The summed E-state index contributed by atoms with van der Waals surface area (Å²) in [6.45, 7) is 3.69. The lowest BCUT2D eigenvalue weighted by atomic mass is 10.0. The van der Waals surface area contributed by atoms with Crippen molar-refractivity contribution in [3.8, 4) is 5.75 Å². The molecule has 0 radical (unpaired) electrons. The molecule has 2 atom stereocenters. The molecular weight excluding hydrogens is 522 g/mol. The molecule has 0 saturated carbocycles. The fraction of sp³-hybridized carbons (Fsp3) is 0.357. The van der Waals surface area contributed by atoms with Crippen LogP contribution in [0.2, 0.25) is 0 Å². The molecule has 0 aromatic heterocycles. The molecule has 1 fully saturated rings. The molecular formula is C28H33N3O7S. The van der Waals surface area contributed by atoms with Crippen LogP contribution in [0, 0.1) is 17.0 Å². The SMILES string of the molecule is COc1ccc(S(=O)(=O)N2CCN(C[C@@H](O)CO[C@@H](c3ccccc3)c3ccc(C)cc3)CC2)cc1[N+](=O)[O-]. The molecule has 10 nitrogen and oxygen atoms in total. The fourth-order valence-corrected chi connectivity index (χ4v) is 6.03. The van der Waals surface area contributed by atoms with Crippen LogP contribution in [-0.2, 0) is 14.8 Å². The van der Waals surface area contributed by atoms with E-state index in [9.17, 15) is 23.6 Å². The number of aliphatic hydroxyl groups is 1. The smallest absolute Gasteiger partial charge is 0.312 e. The Bertz CT molecular complexity index is 1360. The monoisotopic (exact) mass is 555 g/mol. The van der Waals surface area contributed by atoms with Crippen LogP contribution in [0.1, 0.15) is 22.8 Å². The van der Waals surface area contributed by atoms with Crippen LogP contribution in [-0.4, -0.2) is 80.2 Å². The zero-order chi connectivity index (χ0) is 28.0. The van der Waals surface area contributed by atoms with Crippen molar-refractivity contribution in [2.24, 2.45) is 0 Å². The first kappa shape index (κ1) is 28.7. The first-order chi connectivity index (χ1) is 18.7. The summed E-state index contributed by atoms with van der Waals surface area (Å²) >= 11 is 0. The van der Waals surface area contributed by atoms with E-state index in [0.29, 0.717) is 19.6 Å². The number of hydrogen-bond donors (Lipinski definition) is 1. The highest BCUT2D eigenvalue weighted by molar-refractivity contribution is 7.89. The summed E-state index contributed by atoms with van der Waals surface area (Å²) in [5, 5.41) is 22.1. The van der Waals surface area contributed by atoms with E-state index >= 15 is 0 Å². The molecule has 3 aromatic carbocycles. The van der Waals surface area contributed by atoms with Gasteiger partial charge in [0.05, 0.1) is 29.6 Å². The molecule has 208 valence electrons. The third-order valence-electron chi connectivity index (χ3n) is 6.72. The van der Waals surface area contributed by atoms with Crippen molar-refractivity contribution in [1.29, 1.82) is 0 Å². The third-order valence-corrected chi connectivity index (χ3v) is 8.62. The number of nitrogens with zero attached hydrogens (tertiary/aromatic N) is 3. The second-order valence-electron chi connectivity index (χ2n) is 9.48. The second-order valence-corrected chi connectivity index (χ2v) is 11.4. The first-order valence-electron chi connectivity index (χ1n) is 12.6. The van der Waals surface area contributed by atoms with Crippen LogP contribution < -0.4 is 4.74 Å². The quantitative estimate of drug-likeness (QED) is 0.282. The number of rotatable bonds is 11. The molecule has 1 N–H and O–H groups in total. The minimum absolute atomic E-state index is 0.00291. The highest BCUT2D eigenvalue weighted by Gasteiger charge is 2.31. The average Bonchev–Trinajstić information content (AvgIpc) is 2.94. The molecule has 1 saturated heterocycles. The summed E-state index contributed by atoms with van der Waals surface area (Å²) < 4.78 is 38.7. The fourth-order valence-electron chi connectivity index (χ4n) is 4.59. The third kappa shape index (κ3) is 7.00. The van der Waals surface area contributed by atoms with E-state index in [1.54, 1.807) is 0 Å². The van der Waals surface area contributed by atoms with Gasteiger partial charge in [0.25, 0.3) is 0 Å². The summed E-state index contributed by atoms with van der Waals surface area (Å²) in [5.41, 5.74) is 2.74. The molecule has 1 heterocycles. The Labute approximate surface area is 228 Å². The normalized spacial score (nSPS) is 16.5. The number of methoxy groups -OCH3 is 1. The van der Waals surface area contributed by atoms with Gasteiger partial charge in [0.1, 0.15) is 6.10 Å². The van der Waals surface area contributed by atoms with Crippen molar-refractivity contribution >= 4 is 15.7 Å². The van der Waals surface area contributed by atoms with Crippen LogP contribution in [0.3, 0.4) is 0 Å². The lowest BCUT2D eigenvalue weighted by molar-refractivity contribution is -0.386. The van der Waals surface area contributed by atoms with Gasteiger partial charge in [0.2, 0.25) is 10.0 Å².